The predicted octanol–water partition coefficient (Wildman–Crippen LogP) is 2.25. The van der Waals surface area contributed by atoms with Crippen molar-refractivity contribution in [1.82, 2.24) is 9.78 Å². The van der Waals surface area contributed by atoms with Gasteiger partial charge in [-0.05, 0) is 19.1 Å². The van der Waals surface area contributed by atoms with Gasteiger partial charge in [-0.2, -0.15) is 5.10 Å². The van der Waals surface area contributed by atoms with Crippen molar-refractivity contribution < 1.29 is 14.0 Å². The van der Waals surface area contributed by atoms with Crippen molar-refractivity contribution in [3.05, 3.63) is 41.1 Å². The molecule has 8 heteroatoms. The van der Waals surface area contributed by atoms with Gasteiger partial charge in [0.1, 0.15) is 16.7 Å². The molecule has 0 radical (unpaired) electrons. The van der Waals surface area contributed by atoms with Crippen molar-refractivity contribution >= 4 is 17.6 Å². The highest BCUT2D eigenvalue weighted by atomic mass is 32.2. The average Bonchev–Trinajstić information content (AvgIpc) is 2.66. The normalized spacial score (nSPS) is 11.9. The van der Waals surface area contributed by atoms with Crippen LogP contribution in [0.15, 0.2) is 33.3 Å². The molecule has 2 rings (SSSR count). The van der Waals surface area contributed by atoms with Gasteiger partial charge in [0, 0.05) is 18.0 Å². The zero-order chi connectivity index (χ0) is 14.9. The molecule has 1 aromatic carbocycles. The van der Waals surface area contributed by atoms with Gasteiger partial charge in [0.2, 0.25) is 0 Å². The molecule has 5 nitrogen and oxygen atoms in total. The molecule has 0 saturated heterocycles. The molecule has 0 aliphatic heterocycles. The van der Waals surface area contributed by atoms with Crippen LogP contribution in [-0.4, -0.2) is 20.8 Å². The van der Waals surface area contributed by atoms with Crippen molar-refractivity contribution in [2.24, 2.45) is 17.9 Å². The van der Waals surface area contributed by atoms with Crippen LogP contribution in [0.4, 0.5) is 8.78 Å². The number of hydrogen-bond donors (Lipinski definition) is 2. The maximum Gasteiger partial charge on any atom is 0.174 e. The second kappa shape index (κ2) is 5.49. The molecule has 1 aromatic heterocycles. The highest BCUT2D eigenvalue weighted by Gasteiger charge is 2.19. The summed E-state index contributed by atoms with van der Waals surface area (Å²) in [6.07, 6.45) is 0. The SMILES string of the molecule is Cc1nn(C)c(Sc2ccc(F)cc2F)c1C(N)=NO. The lowest BCUT2D eigenvalue weighted by molar-refractivity contribution is 0.318. The van der Waals surface area contributed by atoms with Crippen LogP contribution in [0, 0.1) is 18.6 Å². The number of nitrogens with zero attached hydrogens (tertiary/aromatic N) is 3. The van der Waals surface area contributed by atoms with E-state index in [1.807, 2.05) is 0 Å². The topological polar surface area (TPSA) is 76.4 Å². The Kier molecular flexibility index (Phi) is 3.93. The summed E-state index contributed by atoms with van der Waals surface area (Å²) < 4.78 is 28.1. The predicted molar refractivity (Wildman–Crippen MR) is 70.9 cm³/mol. The Bertz CT molecular complexity index is 684. The quantitative estimate of drug-likeness (QED) is 0.394. The van der Waals surface area contributed by atoms with E-state index in [2.05, 4.69) is 10.3 Å². The van der Waals surface area contributed by atoms with Crippen LogP contribution in [0.1, 0.15) is 11.3 Å². The lowest BCUT2D eigenvalue weighted by atomic mass is 10.2. The minimum Gasteiger partial charge on any atom is -0.409 e. The van der Waals surface area contributed by atoms with Gasteiger partial charge in [-0.1, -0.05) is 16.9 Å². The van der Waals surface area contributed by atoms with E-state index in [1.165, 1.54) is 10.7 Å². The number of aryl methyl sites for hydroxylation is 2. The fourth-order valence-electron chi connectivity index (χ4n) is 1.76. The Morgan fingerprint density at radius 1 is 1.45 bits per heavy atom. The van der Waals surface area contributed by atoms with E-state index in [-0.39, 0.29) is 10.7 Å². The van der Waals surface area contributed by atoms with Gasteiger partial charge in [-0.25, -0.2) is 8.78 Å². The molecule has 0 amide bonds. The number of amidine groups is 1. The van der Waals surface area contributed by atoms with Crippen molar-refractivity contribution in [2.45, 2.75) is 16.8 Å². The Balaban J connectivity index is 2.48. The third-order valence-electron chi connectivity index (χ3n) is 2.63. The molecule has 20 heavy (non-hydrogen) atoms. The van der Waals surface area contributed by atoms with Gasteiger partial charge in [-0.3, -0.25) is 4.68 Å². The summed E-state index contributed by atoms with van der Waals surface area (Å²) in [7, 11) is 1.66. The van der Waals surface area contributed by atoms with E-state index in [0.717, 1.165) is 23.9 Å². The number of rotatable bonds is 3. The molecule has 0 bridgehead atoms. The van der Waals surface area contributed by atoms with E-state index in [4.69, 9.17) is 10.9 Å². The third kappa shape index (κ3) is 2.60. The van der Waals surface area contributed by atoms with E-state index in [1.54, 1.807) is 14.0 Å². The van der Waals surface area contributed by atoms with E-state index in [0.29, 0.717) is 16.3 Å². The van der Waals surface area contributed by atoms with Gasteiger partial charge in [-0.15, -0.1) is 0 Å². The Morgan fingerprint density at radius 2 is 2.15 bits per heavy atom. The summed E-state index contributed by atoms with van der Waals surface area (Å²) in [5.41, 5.74) is 6.57. The summed E-state index contributed by atoms with van der Waals surface area (Å²) >= 11 is 1.03. The molecule has 0 saturated carbocycles. The third-order valence-corrected chi connectivity index (χ3v) is 3.85. The van der Waals surface area contributed by atoms with Crippen LogP contribution in [0.3, 0.4) is 0 Å². The summed E-state index contributed by atoms with van der Waals surface area (Å²) in [5.74, 6) is -1.44. The minimum atomic E-state index is -0.681. The number of halogens is 2. The molecule has 0 spiro atoms. The van der Waals surface area contributed by atoms with Crippen LogP contribution in [-0.2, 0) is 7.05 Å². The monoisotopic (exact) mass is 298 g/mol. The number of oxime groups is 1. The number of benzene rings is 1. The second-order valence-electron chi connectivity index (χ2n) is 4.05. The van der Waals surface area contributed by atoms with Crippen molar-refractivity contribution in [3.63, 3.8) is 0 Å². The summed E-state index contributed by atoms with van der Waals surface area (Å²) in [4.78, 5) is 0.224. The fraction of sp³-hybridized carbons (Fsp3) is 0.167. The van der Waals surface area contributed by atoms with Crippen LogP contribution in [0.25, 0.3) is 0 Å². The molecule has 2 aromatic rings. The number of aromatic nitrogens is 2. The van der Waals surface area contributed by atoms with Gasteiger partial charge in [0.05, 0.1) is 11.3 Å². The smallest absolute Gasteiger partial charge is 0.174 e. The maximum atomic E-state index is 13.7. The molecule has 0 fully saturated rings. The molecule has 0 unspecified atom stereocenters. The molecule has 1 heterocycles. The average molecular weight is 298 g/mol. The largest absolute Gasteiger partial charge is 0.409 e. The van der Waals surface area contributed by atoms with Crippen LogP contribution in [0.5, 0.6) is 0 Å². The van der Waals surface area contributed by atoms with E-state index in [9.17, 15) is 8.78 Å². The summed E-state index contributed by atoms with van der Waals surface area (Å²) in [6.45, 7) is 1.69. The Labute approximate surface area is 118 Å². The highest BCUT2D eigenvalue weighted by molar-refractivity contribution is 7.99. The second-order valence-corrected chi connectivity index (χ2v) is 5.08. The first-order valence-electron chi connectivity index (χ1n) is 5.58. The Hall–Kier alpha value is -2.09. The van der Waals surface area contributed by atoms with Gasteiger partial charge in [0.25, 0.3) is 0 Å². The van der Waals surface area contributed by atoms with Gasteiger partial charge in [0.15, 0.2) is 5.84 Å². The number of nitrogens with two attached hydrogens (primary N) is 1. The molecule has 0 aliphatic carbocycles. The zero-order valence-electron chi connectivity index (χ0n) is 10.8. The zero-order valence-corrected chi connectivity index (χ0v) is 11.6. The first kappa shape index (κ1) is 14.3. The maximum absolute atomic E-state index is 13.7. The van der Waals surface area contributed by atoms with Gasteiger partial charge >= 0.3 is 0 Å². The lowest BCUT2D eigenvalue weighted by Gasteiger charge is -2.06. The Morgan fingerprint density at radius 3 is 2.75 bits per heavy atom. The molecular weight excluding hydrogens is 286 g/mol. The van der Waals surface area contributed by atoms with Crippen LogP contribution in [0.2, 0.25) is 0 Å². The van der Waals surface area contributed by atoms with Crippen molar-refractivity contribution in [2.75, 3.05) is 0 Å². The first-order chi connectivity index (χ1) is 9.43. The van der Waals surface area contributed by atoms with Gasteiger partial charge < -0.3 is 10.9 Å². The van der Waals surface area contributed by atoms with Crippen LogP contribution < -0.4 is 5.73 Å². The highest BCUT2D eigenvalue weighted by Crippen LogP contribution is 2.33. The summed E-state index contributed by atoms with van der Waals surface area (Å²) in [6, 6.07) is 3.29. The molecule has 0 aliphatic rings. The van der Waals surface area contributed by atoms with Crippen molar-refractivity contribution in [3.8, 4) is 0 Å². The van der Waals surface area contributed by atoms with Crippen molar-refractivity contribution in [1.29, 1.82) is 0 Å². The summed E-state index contributed by atoms with van der Waals surface area (Å²) in [5, 5.41) is 16.4. The lowest BCUT2D eigenvalue weighted by Crippen LogP contribution is -2.15. The first-order valence-corrected chi connectivity index (χ1v) is 6.40. The van der Waals surface area contributed by atoms with Crippen LogP contribution >= 0.6 is 11.8 Å². The molecule has 106 valence electrons. The molecular formula is C12H12F2N4OS. The standard InChI is InChI=1S/C12H12F2N4OS/c1-6-10(11(15)17-19)12(18(2)16-6)20-9-4-3-7(13)5-8(9)14/h3-5,19H,1-2H3,(H2,15,17). The van der Waals surface area contributed by atoms with E-state index >= 15 is 0 Å². The molecule has 3 N–H and O–H groups in total. The number of hydrogen-bond acceptors (Lipinski definition) is 4. The minimum absolute atomic E-state index is 0.111. The van der Waals surface area contributed by atoms with E-state index < -0.39 is 11.6 Å². The fourth-order valence-corrected chi connectivity index (χ4v) is 2.79. The molecule has 0 atom stereocenters.